The van der Waals surface area contributed by atoms with Crippen molar-refractivity contribution in [2.75, 3.05) is 32.7 Å². The molecule has 112 valence electrons. The Bertz CT molecular complexity index is 546. The van der Waals surface area contributed by atoms with Gasteiger partial charge in [-0.3, -0.25) is 9.69 Å². The van der Waals surface area contributed by atoms with Gasteiger partial charge in [-0.05, 0) is 42.0 Å². The van der Waals surface area contributed by atoms with E-state index in [1.54, 1.807) is 0 Å². The Kier molecular flexibility index (Phi) is 3.43. The van der Waals surface area contributed by atoms with Crippen LogP contribution in [0.5, 0.6) is 0 Å². The van der Waals surface area contributed by atoms with Gasteiger partial charge in [-0.25, -0.2) is 0 Å². The van der Waals surface area contributed by atoms with Crippen LogP contribution in [0.15, 0.2) is 18.2 Å². The van der Waals surface area contributed by atoms with E-state index in [4.69, 9.17) is 4.74 Å². The van der Waals surface area contributed by atoms with Gasteiger partial charge in [0.25, 0.3) is 5.91 Å². The average molecular weight is 286 g/mol. The third kappa shape index (κ3) is 2.83. The van der Waals surface area contributed by atoms with Gasteiger partial charge in [0, 0.05) is 38.3 Å². The van der Waals surface area contributed by atoms with Crippen molar-refractivity contribution >= 4 is 5.91 Å². The van der Waals surface area contributed by atoms with Gasteiger partial charge < -0.3 is 9.64 Å². The lowest BCUT2D eigenvalue weighted by Gasteiger charge is -2.34. The molecule has 2 heterocycles. The number of amides is 1. The second-order valence-corrected chi connectivity index (χ2v) is 6.51. The van der Waals surface area contributed by atoms with E-state index in [-0.39, 0.29) is 5.91 Å². The van der Waals surface area contributed by atoms with Crippen molar-refractivity contribution in [3.05, 3.63) is 34.9 Å². The summed E-state index contributed by atoms with van der Waals surface area (Å²) in [5.41, 5.74) is 3.21. The lowest BCUT2D eigenvalue weighted by molar-refractivity contribution is 0.0632. The summed E-state index contributed by atoms with van der Waals surface area (Å²) in [5.74, 6) is 1.11. The summed E-state index contributed by atoms with van der Waals surface area (Å²) in [6.45, 7) is 6.33. The fourth-order valence-electron chi connectivity index (χ4n) is 3.29. The molecule has 0 aromatic heterocycles. The zero-order valence-electron chi connectivity index (χ0n) is 12.4. The van der Waals surface area contributed by atoms with Gasteiger partial charge in [0.1, 0.15) is 0 Å². The van der Waals surface area contributed by atoms with Crippen LogP contribution in [0.3, 0.4) is 0 Å². The predicted octanol–water partition coefficient (Wildman–Crippen LogP) is 1.88. The smallest absolute Gasteiger partial charge is 0.253 e. The molecule has 2 fully saturated rings. The first-order valence-corrected chi connectivity index (χ1v) is 8.01. The van der Waals surface area contributed by atoms with Crippen molar-refractivity contribution in [1.29, 1.82) is 0 Å². The minimum absolute atomic E-state index is 0.177. The summed E-state index contributed by atoms with van der Waals surface area (Å²) in [5, 5.41) is 0. The van der Waals surface area contributed by atoms with Crippen molar-refractivity contribution in [3.8, 4) is 0 Å². The van der Waals surface area contributed by atoms with Crippen LogP contribution in [0.4, 0.5) is 0 Å². The molecule has 0 atom stereocenters. The Labute approximate surface area is 125 Å². The predicted molar refractivity (Wildman–Crippen MR) is 80.0 cm³/mol. The Hall–Kier alpha value is -1.39. The van der Waals surface area contributed by atoms with Crippen LogP contribution in [0, 0.1) is 5.92 Å². The molecular formula is C17H22N2O2. The van der Waals surface area contributed by atoms with Gasteiger partial charge in [-0.2, -0.15) is 0 Å². The van der Waals surface area contributed by atoms with Gasteiger partial charge in [0.2, 0.25) is 0 Å². The Morgan fingerprint density at radius 1 is 1.10 bits per heavy atom. The van der Waals surface area contributed by atoms with Gasteiger partial charge >= 0.3 is 0 Å². The number of rotatable bonds is 3. The van der Waals surface area contributed by atoms with Crippen molar-refractivity contribution in [3.63, 3.8) is 0 Å². The van der Waals surface area contributed by atoms with Crippen LogP contribution in [0.1, 0.15) is 34.3 Å². The summed E-state index contributed by atoms with van der Waals surface area (Å²) in [6, 6.07) is 6.01. The number of hydrogen-bond donors (Lipinski definition) is 0. The number of benzene rings is 1. The standard InChI is InChI=1S/C17H22N2O2/c20-17(14-3-4-15-11-21-12-16(15)9-14)19-7-5-18(6-8-19)10-13-1-2-13/h3-4,9,13H,1-2,5-8,10-12H2. The first-order chi connectivity index (χ1) is 10.3. The average Bonchev–Trinajstić information content (AvgIpc) is 3.21. The van der Waals surface area contributed by atoms with Crippen molar-refractivity contribution < 1.29 is 9.53 Å². The van der Waals surface area contributed by atoms with E-state index in [1.165, 1.54) is 30.5 Å². The highest BCUT2D eigenvalue weighted by atomic mass is 16.5. The van der Waals surface area contributed by atoms with Gasteiger partial charge in [0.05, 0.1) is 13.2 Å². The van der Waals surface area contributed by atoms with Gasteiger partial charge in [-0.1, -0.05) is 6.07 Å². The summed E-state index contributed by atoms with van der Waals surface area (Å²) >= 11 is 0. The quantitative estimate of drug-likeness (QED) is 0.850. The second kappa shape index (κ2) is 5.43. The van der Waals surface area contributed by atoms with E-state index in [0.29, 0.717) is 13.2 Å². The van der Waals surface area contributed by atoms with Gasteiger partial charge in [0.15, 0.2) is 0 Å². The monoisotopic (exact) mass is 286 g/mol. The molecule has 1 aromatic carbocycles. The minimum Gasteiger partial charge on any atom is -0.372 e. The zero-order chi connectivity index (χ0) is 14.2. The third-order valence-electron chi connectivity index (χ3n) is 4.84. The Balaban J connectivity index is 1.38. The second-order valence-electron chi connectivity index (χ2n) is 6.51. The van der Waals surface area contributed by atoms with E-state index < -0.39 is 0 Å². The fraction of sp³-hybridized carbons (Fsp3) is 0.588. The van der Waals surface area contributed by atoms with Crippen LogP contribution in [-0.4, -0.2) is 48.4 Å². The number of piperazine rings is 1. The fourth-order valence-corrected chi connectivity index (χ4v) is 3.29. The SMILES string of the molecule is O=C(c1ccc2c(c1)COC2)N1CCN(CC2CC2)CC1. The molecule has 1 amide bonds. The maximum absolute atomic E-state index is 12.6. The molecule has 0 unspecified atom stereocenters. The van der Waals surface area contributed by atoms with Crippen LogP contribution < -0.4 is 0 Å². The van der Waals surface area contributed by atoms with E-state index in [0.717, 1.165) is 37.7 Å². The van der Waals surface area contributed by atoms with Crippen molar-refractivity contribution in [2.45, 2.75) is 26.1 Å². The number of hydrogen-bond acceptors (Lipinski definition) is 3. The topological polar surface area (TPSA) is 32.8 Å². The number of nitrogens with zero attached hydrogens (tertiary/aromatic N) is 2. The normalized spacial score (nSPS) is 22.4. The lowest BCUT2D eigenvalue weighted by atomic mass is 10.1. The molecule has 1 saturated heterocycles. The summed E-state index contributed by atoms with van der Waals surface area (Å²) < 4.78 is 5.42. The molecule has 0 spiro atoms. The van der Waals surface area contributed by atoms with Crippen LogP contribution >= 0.6 is 0 Å². The maximum atomic E-state index is 12.6. The number of ether oxygens (including phenoxy) is 1. The molecule has 2 aliphatic heterocycles. The first-order valence-electron chi connectivity index (χ1n) is 8.01. The molecule has 21 heavy (non-hydrogen) atoms. The third-order valence-corrected chi connectivity index (χ3v) is 4.84. The molecule has 4 heteroatoms. The lowest BCUT2D eigenvalue weighted by Crippen LogP contribution is -2.49. The van der Waals surface area contributed by atoms with Crippen LogP contribution in [-0.2, 0) is 18.0 Å². The zero-order valence-corrected chi connectivity index (χ0v) is 12.4. The number of carbonyl (C=O) groups is 1. The Morgan fingerprint density at radius 2 is 1.86 bits per heavy atom. The molecular weight excluding hydrogens is 264 g/mol. The van der Waals surface area contributed by atoms with Crippen molar-refractivity contribution in [1.82, 2.24) is 9.80 Å². The van der Waals surface area contributed by atoms with E-state index in [2.05, 4.69) is 4.90 Å². The number of carbonyl (C=O) groups excluding carboxylic acids is 1. The van der Waals surface area contributed by atoms with E-state index in [1.807, 2.05) is 23.1 Å². The molecule has 0 bridgehead atoms. The highest BCUT2D eigenvalue weighted by Gasteiger charge is 2.28. The molecule has 0 N–H and O–H groups in total. The minimum atomic E-state index is 0.177. The first kappa shape index (κ1) is 13.3. The summed E-state index contributed by atoms with van der Waals surface area (Å²) in [4.78, 5) is 17.1. The number of fused-ring (bicyclic) bond motifs is 1. The molecule has 4 rings (SSSR count). The highest BCUT2D eigenvalue weighted by molar-refractivity contribution is 5.94. The molecule has 1 aliphatic carbocycles. The summed E-state index contributed by atoms with van der Waals surface area (Å²) in [7, 11) is 0. The van der Waals surface area contributed by atoms with E-state index >= 15 is 0 Å². The van der Waals surface area contributed by atoms with E-state index in [9.17, 15) is 4.79 Å². The van der Waals surface area contributed by atoms with Crippen LogP contribution in [0.2, 0.25) is 0 Å². The van der Waals surface area contributed by atoms with Crippen LogP contribution in [0.25, 0.3) is 0 Å². The Morgan fingerprint density at radius 3 is 2.62 bits per heavy atom. The molecule has 1 aromatic rings. The molecule has 0 radical (unpaired) electrons. The largest absolute Gasteiger partial charge is 0.372 e. The summed E-state index contributed by atoms with van der Waals surface area (Å²) in [6.07, 6.45) is 2.80. The maximum Gasteiger partial charge on any atom is 0.253 e. The molecule has 4 nitrogen and oxygen atoms in total. The van der Waals surface area contributed by atoms with Gasteiger partial charge in [-0.15, -0.1) is 0 Å². The molecule has 3 aliphatic rings. The van der Waals surface area contributed by atoms with Crippen molar-refractivity contribution in [2.24, 2.45) is 5.92 Å². The molecule has 1 saturated carbocycles. The highest BCUT2D eigenvalue weighted by Crippen LogP contribution is 2.30.